The maximum atomic E-state index is 10.1. The van der Waals surface area contributed by atoms with Crippen LogP contribution in [0.4, 0.5) is 0 Å². The van der Waals surface area contributed by atoms with Crippen molar-refractivity contribution in [2.45, 2.75) is 44.9 Å². The first-order valence-electron chi connectivity index (χ1n) is 4.81. The molecule has 0 aliphatic heterocycles. The van der Waals surface area contributed by atoms with Crippen LogP contribution in [0.3, 0.4) is 0 Å². The molecule has 2 rings (SSSR count). The second-order valence-corrected chi connectivity index (χ2v) is 4.21. The van der Waals surface area contributed by atoms with Crippen molar-refractivity contribution in [3.63, 3.8) is 0 Å². The van der Waals surface area contributed by atoms with Crippen molar-refractivity contribution in [2.24, 2.45) is 11.3 Å². The summed E-state index contributed by atoms with van der Waals surface area (Å²) in [6, 6.07) is 0. The van der Waals surface area contributed by atoms with Gasteiger partial charge in [-0.3, -0.25) is 0 Å². The summed E-state index contributed by atoms with van der Waals surface area (Å²) in [5, 5.41) is 0. The van der Waals surface area contributed by atoms with E-state index in [4.69, 9.17) is 0 Å². The molecule has 1 heteroatoms. The Bertz CT molecular complexity index is 156. The minimum absolute atomic E-state index is 0.753. The first kappa shape index (κ1) is 7.33. The van der Waals surface area contributed by atoms with E-state index in [2.05, 4.69) is 0 Å². The van der Waals surface area contributed by atoms with Crippen LogP contribution in [0.1, 0.15) is 44.9 Å². The zero-order valence-electron chi connectivity index (χ0n) is 7.01. The van der Waals surface area contributed by atoms with Gasteiger partial charge in [-0.2, -0.15) is 0 Å². The average Bonchev–Trinajstić information content (AvgIpc) is 2.41. The summed E-state index contributed by atoms with van der Waals surface area (Å²) in [5.74, 6) is 0.926. The summed E-state index contributed by atoms with van der Waals surface area (Å²) in [6.45, 7) is 0. The lowest BCUT2D eigenvalue weighted by Gasteiger charge is -2.05. The maximum absolute atomic E-state index is 10.1. The van der Waals surface area contributed by atoms with Gasteiger partial charge in [-0.1, -0.05) is 12.8 Å². The van der Waals surface area contributed by atoms with Gasteiger partial charge in [0.2, 0.25) is 0 Å². The molecule has 0 saturated heterocycles. The van der Waals surface area contributed by atoms with Gasteiger partial charge in [0.05, 0.1) is 0 Å². The average molecular weight is 152 g/mol. The van der Waals surface area contributed by atoms with Crippen LogP contribution in [0, 0.1) is 11.3 Å². The molecule has 0 N–H and O–H groups in total. The zero-order chi connectivity index (χ0) is 7.73. The molecule has 1 unspecified atom stereocenters. The Hall–Kier alpha value is -0.330. The van der Waals surface area contributed by atoms with E-state index >= 15 is 0 Å². The van der Waals surface area contributed by atoms with Gasteiger partial charge in [-0.05, 0) is 37.0 Å². The third kappa shape index (κ3) is 1.21. The summed E-state index contributed by atoms with van der Waals surface area (Å²) in [4.78, 5) is 10.1. The molecular formula is C10H16O. The quantitative estimate of drug-likeness (QED) is 0.568. The van der Waals surface area contributed by atoms with Crippen LogP contribution >= 0.6 is 0 Å². The van der Waals surface area contributed by atoms with Crippen LogP contribution < -0.4 is 0 Å². The highest BCUT2D eigenvalue weighted by Gasteiger charge is 2.53. The van der Waals surface area contributed by atoms with Gasteiger partial charge in [0, 0.05) is 6.42 Å². The highest BCUT2D eigenvalue weighted by atomic mass is 16.1. The monoisotopic (exact) mass is 152 g/mol. The van der Waals surface area contributed by atoms with E-state index in [1.54, 1.807) is 0 Å². The first-order valence-corrected chi connectivity index (χ1v) is 4.81. The third-order valence-electron chi connectivity index (χ3n) is 3.59. The number of carbonyl (C=O) groups is 1. The lowest BCUT2D eigenvalue weighted by Crippen LogP contribution is -1.96. The van der Waals surface area contributed by atoms with Crippen molar-refractivity contribution in [3.05, 3.63) is 0 Å². The van der Waals surface area contributed by atoms with Crippen LogP contribution in [0.2, 0.25) is 0 Å². The largest absolute Gasteiger partial charge is 0.303 e. The van der Waals surface area contributed by atoms with Crippen molar-refractivity contribution >= 4 is 6.29 Å². The van der Waals surface area contributed by atoms with Crippen LogP contribution in [0.5, 0.6) is 0 Å². The van der Waals surface area contributed by atoms with Gasteiger partial charge in [-0.25, -0.2) is 0 Å². The van der Waals surface area contributed by atoms with Crippen LogP contribution in [-0.2, 0) is 4.79 Å². The Balaban J connectivity index is 1.79. The van der Waals surface area contributed by atoms with Crippen molar-refractivity contribution in [1.82, 2.24) is 0 Å². The van der Waals surface area contributed by atoms with E-state index in [0.717, 1.165) is 24.0 Å². The molecule has 2 fully saturated rings. The molecule has 1 spiro atoms. The van der Waals surface area contributed by atoms with E-state index in [-0.39, 0.29) is 0 Å². The van der Waals surface area contributed by atoms with Crippen molar-refractivity contribution < 1.29 is 4.79 Å². The Morgan fingerprint density at radius 2 is 2.09 bits per heavy atom. The zero-order valence-corrected chi connectivity index (χ0v) is 7.01. The predicted molar refractivity (Wildman–Crippen MR) is 44.3 cm³/mol. The van der Waals surface area contributed by atoms with E-state index < -0.39 is 0 Å². The topological polar surface area (TPSA) is 17.1 Å². The second-order valence-electron chi connectivity index (χ2n) is 4.21. The Morgan fingerprint density at radius 3 is 2.73 bits per heavy atom. The summed E-state index contributed by atoms with van der Waals surface area (Å²) < 4.78 is 0. The molecule has 2 aliphatic rings. The molecule has 11 heavy (non-hydrogen) atoms. The van der Waals surface area contributed by atoms with E-state index in [9.17, 15) is 4.79 Å². The summed E-state index contributed by atoms with van der Waals surface area (Å²) in [7, 11) is 0. The van der Waals surface area contributed by atoms with Gasteiger partial charge in [0.25, 0.3) is 0 Å². The molecule has 0 aromatic heterocycles. The van der Waals surface area contributed by atoms with Gasteiger partial charge >= 0.3 is 0 Å². The second kappa shape index (κ2) is 2.62. The number of rotatable bonds is 3. The first-order chi connectivity index (χ1) is 5.37. The summed E-state index contributed by atoms with van der Waals surface area (Å²) >= 11 is 0. The maximum Gasteiger partial charge on any atom is 0.120 e. The smallest absolute Gasteiger partial charge is 0.120 e. The highest BCUT2D eigenvalue weighted by Crippen LogP contribution is 2.64. The van der Waals surface area contributed by atoms with Gasteiger partial charge in [0.15, 0.2) is 0 Å². The molecule has 2 saturated carbocycles. The molecule has 1 atom stereocenters. The van der Waals surface area contributed by atoms with E-state index in [1.165, 1.54) is 38.5 Å². The molecule has 0 amide bonds. The highest BCUT2D eigenvalue weighted by molar-refractivity contribution is 5.49. The lowest BCUT2D eigenvalue weighted by atomic mass is 10.00. The molecule has 0 radical (unpaired) electrons. The number of aldehydes is 1. The lowest BCUT2D eigenvalue weighted by molar-refractivity contribution is -0.108. The molecule has 1 nitrogen and oxygen atoms in total. The van der Waals surface area contributed by atoms with Crippen molar-refractivity contribution in [2.75, 3.05) is 0 Å². The SMILES string of the molecule is O=CCCC1CC12CCCC2. The Labute approximate surface area is 68.2 Å². The van der Waals surface area contributed by atoms with Crippen molar-refractivity contribution in [1.29, 1.82) is 0 Å². The predicted octanol–water partition coefficient (Wildman–Crippen LogP) is 2.55. The molecule has 0 aromatic carbocycles. The summed E-state index contributed by atoms with van der Waals surface area (Å²) in [6.07, 6.45) is 10.3. The van der Waals surface area contributed by atoms with Gasteiger partial charge < -0.3 is 4.79 Å². The van der Waals surface area contributed by atoms with Gasteiger partial charge in [-0.15, -0.1) is 0 Å². The molecular weight excluding hydrogens is 136 g/mol. The number of hydrogen-bond acceptors (Lipinski definition) is 1. The molecule has 0 heterocycles. The standard InChI is InChI=1S/C10H16O/c11-7-3-4-9-8-10(9)5-1-2-6-10/h7,9H,1-6,8H2. The molecule has 2 aliphatic carbocycles. The normalized spacial score (nSPS) is 32.5. The fourth-order valence-corrected chi connectivity index (χ4v) is 2.80. The number of hydrogen-bond donors (Lipinski definition) is 0. The van der Waals surface area contributed by atoms with Crippen molar-refractivity contribution in [3.8, 4) is 0 Å². The fourth-order valence-electron chi connectivity index (χ4n) is 2.80. The molecule has 0 aromatic rings. The van der Waals surface area contributed by atoms with Crippen LogP contribution in [0.15, 0.2) is 0 Å². The summed E-state index contributed by atoms with van der Waals surface area (Å²) in [5.41, 5.74) is 0.753. The van der Waals surface area contributed by atoms with Crippen LogP contribution in [0.25, 0.3) is 0 Å². The number of carbonyl (C=O) groups excluding carboxylic acids is 1. The van der Waals surface area contributed by atoms with E-state index in [1.807, 2.05) is 0 Å². The minimum Gasteiger partial charge on any atom is -0.303 e. The molecule has 0 bridgehead atoms. The Kier molecular flexibility index (Phi) is 1.74. The minimum atomic E-state index is 0.753. The fraction of sp³-hybridized carbons (Fsp3) is 0.900. The van der Waals surface area contributed by atoms with E-state index in [0.29, 0.717) is 0 Å². The van der Waals surface area contributed by atoms with Gasteiger partial charge in [0.1, 0.15) is 6.29 Å². The molecule has 62 valence electrons. The van der Waals surface area contributed by atoms with Crippen LogP contribution in [-0.4, -0.2) is 6.29 Å². The third-order valence-corrected chi connectivity index (χ3v) is 3.59. The Morgan fingerprint density at radius 1 is 1.36 bits per heavy atom.